The van der Waals surface area contributed by atoms with Gasteiger partial charge in [0.05, 0.1) is 11.5 Å². The highest BCUT2D eigenvalue weighted by molar-refractivity contribution is 7.91. The van der Waals surface area contributed by atoms with E-state index in [4.69, 9.17) is 4.74 Å². The van der Waals surface area contributed by atoms with Crippen LogP contribution in [0.5, 0.6) is 11.6 Å². The Morgan fingerprint density at radius 1 is 1.29 bits per heavy atom. The Morgan fingerprint density at radius 2 is 2.09 bits per heavy atom. The van der Waals surface area contributed by atoms with E-state index in [-0.39, 0.29) is 34.9 Å². The first-order chi connectivity index (χ1) is 16.2. The fourth-order valence-electron chi connectivity index (χ4n) is 3.75. The lowest BCUT2D eigenvalue weighted by Gasteiger charge is -2.13. The van der Waals surface area contributed by atoms with Crippen LogP contribution >= 0.6 is 0 Å². The molecule has 3 heterocycles. The number of amides is 1. The summed E-state index contributed by atoms with van der Waals surface area (Å²) in [5, 5.41) is 12.2. The van der Waals surface area contributed by atoms with Crippen LogP contribution in [-0.4, -0.2) is 41.3 Å². The van der Waals surface area contributed by atoms with Crippen molar-refractivity contribution in [1.29, 1.82) is 5.26 Å². The van der Waals surface area contributed by atoms with Crippen LogP contribution in [0.1, 0.15) is 23.1 Å². The summed E-state index contributed by atoms with van der Waals surface area (Å²) >= 11 is 0. The standard InChI is InChI=1S/C24H22N4O5S/c1-15-5-3-7-19(11-15)33-23-20(24(30)28-9-4-6-16(2)21(28)27-23)12-17(13-25)22(29)26-18-8-10-34(31,32)14-18/h3-7,9,11-12,18H,8,10,14H2,1-2H3,(H,26,29)/b17-12+/t18-/m0/s1. The molecule has 9 nitrogen and oxygen atoms in total. The van der Waals surface area contributed by atoms with Crippen LogP contribution in [0.4, 0.5) is 0 Å². The molecule has 10 heteroatoms. The second-order valence-electron chi connectivity index (χ2n) is 8.18. The van der Waals surface area contributed by atoms with Crippen molar-refractivity contribution in [3.8, 4) is 17.7 Å². The zero-order valence-corrected chi connectivity index (χ0v) is 19.4. The quantitative estimate of drug-likeness (QED) is 0.440. The first-order valence-electron chi connectivity index (χ1n) is 10.6. The molecule has 0 saturated carbocycles. The molecule has 1 aromatic carbocycles. The number of benzene rings is 1. The number of fused-ring (bicyclic) bond motifs is 1. The van der Waals surface area contributed by atoms with Gasteiger partial charge in [-0.15, -0.1) is 0 Å². The van der Waals surface area contributed by atoms with Crippen molar-refractivity contribution in [3.05, 3.63) is 75.2 Å². The number of carbonyl (C=O) groups is 1. The van der Waals surface area contributed by atoms with E-state index >= 15 is 0 Å². The van der Waals surface area contributed by atoms with Gasteiger partial charge >= 0.3 is 0 Å². The molecule has 174 valence electrons. The van der Waals surface area contributed by atoms with Crippen molar-refractivity contribution in [2.24, 2.45) is 0 Å². The summed E-state index contributed by atoms with van der Waals surface area (Å²) in [6.45, 7) is 3.69. The second kappa shape index (κ2) is 9.11. The largest absolute Gasteiger partial charge is 0.438 e. The number of sulfone groups is 1. The van der Waals surface area contributed by atoms with Gasteiger partial charge in [-0.3, -0.25) is 14.0 Å². The summed E-state index contributed by atoms with van der Waals surface area (Å²) in [6, 6.07) is 11.9. The van der Waals surface area contributed by atoms with E-state index in [9.17, 15) is 23.3 Å². The summed E-state index contributed by atoms with van der Waals surface area (Å²) in [6.07, 6.45) is 2.95. The number of pyridine rings is 1. The predicted octanol–water partition coefficient (Wildman–Crippen LogP) is 2.31. The highest BCUT2D eigenvalue weighted by atomic mass is 32.2. The average molecular weight is 479 g/mol. The number of nitriles is 1. The molecule has 1 fully saturated rings. The SMILES string of the molecule is Cc1cccc(Oc2nc3c(C)cccn3c(=O)c2/C=C(\C#N)C(=O)N[C@H]2CCS(=O)(=O)C2)c1. The van der Waals surface area contributed by atoms with E-state index in [0.717, 1.165) is 17.2 Å². The summed E-state index contributed by atoms with van der Waals surface area (Å²) in [4.78, 5) is 30.6. The van der Waals surface area contributed by atoms with Gasteiger partial charge in [-0.1, -0.05) is 18.2 Å². The number of nitrogens with one attached hydrogen (secondary N) is 1. The molecule has 0 spiro atoms. The maximum atomic E-state index is 13.3. The molecule has 4 rings (SSSR count). The zero-order valence-electron chi connectivity index (χ0n) is 18.6. The highest BCUT2D eigenvalue weighted by Gasteiger charge is 2.30. The normalized spacial score (nSPS) is 17.3. The van der Waals surface area contributed by atoms with E-state index in [0.29, 0.717) is 11.4 Å². The van der Waals surface area contributed by atoms with Crippen LogP contribution in [0.15, 0.2) is 53.0 Å². The van der Waals surface area contributed by atoms with Gasteiger partial charge in [-0.05, 0) is 55.7 Å². The molecule has 3 aromatic rings. The van der Waals surface area contributed by atoms with E-state index in [2.05, 4.69) is 10.3 Å². The van der Waals surface area contributed by atoms with E-state index in [1.807, 2.05) is 13.0 Å². The fourth-order valence-corrected chi connectivity index (χ4v) is 5.42. The Hall–Kier alpha value is -3.97. The molecule has 2 aromatic heterocycles. The van der Waals surface area contributed by atoms with Crippen LogP contribution in [0, 0.1) is 25.2 Å². The van der Waals surface area contributed by atoms with E-state index in [1.54, 1.807) is 49.5 Å². The summed E-state index contributed by atoms with van der Waals surface area (Å²) in [5.74, 6) is -0.571. The summed E-state index contributed by atoms with van der Waals surface area (Å²) < 4.78 is 30.6. The molecular weight excluding hydrogens is 456 g/mol. The van der Waals surface area contributed by atoms with Crippen molar-refractivity contribution in [2.75, 3.05) is 11.5 Å². The lowest BCUT2D eigenvalue weighted by molar-refractivity contribution is -0.117. The summed E-state index contributed by atoms with van der Waals surface area (Å²) in [7, 11) is -3.21. The van der Waals surface area contributed by atoms with Gasteiger partial charge in [-0.25, -0.2) is 8.42 Å². The van der Waals surface area contributed by atoms with Crippen LogP contribution < -0.4 is 15.6 Å². The lowest BCUT2D eigenvalue weighted by Crippen LogP contribution is -2.36. The zero-order chi connectivity index (χ0) is 24.5. The van der Waals surface area contributed by atoms with Crippen molar-refractivity contribution in [1.82, 2.24) is 14.7 Å². The van der Waals surface area contributed by atoms with E-state index in [1.165, 1.54) is 4.40 Å². The maximum Gasteiger partial charge on any atom is 0.269 e. The highest BCUT2D eigenvalue weighted by Crippen LogP contribution is 2.25. The van der Waals surface area contributed by atoms with Crippen molar-refractivity contribution >= 4 is 27.5 Å². The minimum absolute atomic E-state index is 0.0205. The Labute approximate surface area is 196 Å². The number of aryl methyl sites for hydroxylation is 2. The van der Waals surface area contributed by atoms with Crippen molar-refractivity contribution in [2.45, 2.75) is 26.3 Å². The molecule has 1 aliphatic heterocycles. The maximum absolute atomic E-state index is 13.3. The Bertz CT molecular complexity index is 1530. The van der Waals surface area contributed by atoms with Gasteiger partial charge in [0, 0.05) is 12.2 Å². The van der Waals surface area contributed by atoms with Gasteiger partial charge in [0.2, 0.25) is 5.88 Å². The molecule has 0 aliphatic carbocycles. The number of carbonyl (C=O) groups excluding carboxylic acids is 1. The third-order valence-electron chi connectivity index (χ3n) is 5.47. The molecule has 1 aliphatic rings. The molecule has 1 saturated heterocycles. The minimum atomic E-state index is -3.21. The molecule has 0 unspecified atom stereocenters. The lowest BCUT2D eigenvalue weighted by atomic mass is 10.1. The Morgan fingerprint density at radius 3 is 2.76 bits per heavy atom. The van der Waals surface area contributed by atoms with Gasteiger partial charge in [0.25, 0.3) is 11.5 Å². The third kappa shape index (κ3) is 4.84. The number of nitrogens with zero attached hydrogens (tertiary/aromatic N) is 3. The number of hydrogen-bond acceptors (Lipinski definition) is 7. The first kappa shape index (κ1) is 23.2. The number of hydrogen-bond donors (Lipinski definition) is 1. The van der Waals surface area contributed by atoms with Crippen LogP contribution in [-0.2, 0) is 14.6 Å². The molecule has 1 amide bonds. The van der Waals surface area contributed by atoms with Gasteiger partial charge in [0.15, 0.2) is 9.84 Å². The number of rotatable bonds is 5. The first-order valence-corrected chi connectivity index (χ1v) is 12.4. The summed E-state index contributed by atoms with van der Waals surface area (Å²) in [5.41, 5.74) is 1.11. The fraction of sp³-hybridized carbons (Fsp3) is 0.250. The Balaban J connectivity index is 1.79. The van der Waals surface area contributed by atoms with Crippen molar-refractivity contribution < 1.29 is 17.9 Å². The number of aromatic nitrogens is 2. The molecule has 0 radical (unpaired) electrons. The smallest absolute Gasteiger partial charge is 0.269 e. The third-order valence-corrected chi connectivity index (χ3v) is 7.24. The van der Waals surface area contributed by atoms with Gasteiger partial charge < -0.3 is 10.1 Å². The van der Waals surface area contributed by atoms with Gasteiger partial charge in [0.1, 0.15) is 28.6 Å². The Kier molecular flexibility index (Phi) is 6.22. The predicted molar refractivity (Wildman–Crippen MR) is 126 cm³/mol. The number of ether oxygens (including phenoxy) is 1. The second-order valence-corrected chi connectivity index (χ2v) is 10.4. The van der Waals surface area contributed by atoms with Crippen LogP contribution in [0.2, 0.25) is 0 Å². The van der Waals surface area contributed by atoms with E-state index < -0.39 is 27.3 Å². The average Bonchev–Trinajstić information content (AvgIpc) is 3.12. The molecule has 1 atom stereocenters. The van der Waals surface area contributed by atoms with Crippen LogP contribution in [0.25, 0.3) is 11.7 Å². The van der Waals surface area contributed by atoms with Crippen molar-refractivity contribution in [3.63, 3.8) is 0 Å². The molecular formula is C24H22N4O5S. The minimum Gasteiger partial charge on any atom is -0.438 e. The van der Waals surface area contributed by atoms with Crippen LogP contribution in [0.3, 0.4) is 0 Å². The monoisotopic (exact) mass is 478 g/mol. The molecule has 1 N–H and O–H groups in total. The molecule has 0 bridgehead atoms. The topological polar surface area (TPSA) is 131 Å². The molecule has 34 heavy (non-hydrogen) atoms. The van der Waals surface area contributed by atoms with Gasteiger partial charge in [-0.2, -0.15) is 10.2 Å².